The highest BCUT2D eigenvalue weighted by atomic mass is 16.5. The van der Waals surface area contributed by atoms with Gasteiger partial charge in [-0.25, -0.2) is 4.68 Å². The molecule has 3 rings (SSSR count). The van der Waals surface area contributed by atoms with Crippen molar-refractivity contribution in [3.05, 3.63) is 65.0 Å². The molecular weight excluding hydrogens is 386 g/mol. The Bertz CT molecular complexity index is 1070. The topological polar surface area (TPSA) is 91.7 Å². The molecule has 0 fully saturated rings. The number of benzene rings is 2. The quantitative estimate of drug-likeness (QED) is 0.645. The van der Waals surface area contributed by atoms with Crippen molar-refractivity contribution in [3.8, 4) is 28.5 Å². The predicted octanol–water partition coefficient (Wildman–Crippen LogP) is 3.14. The monoisotopic (exact) mass is 409 g/mol. The fourth-order valence-corrected chi connectivity index (χ4v) is 2.86. The van der Waals surface area contributed by atoms with Gasteiger partial charge in [0.1, 0.15) is 23.3 Å². The van der Waals surface area contributed by atoms with E-state index in [0.29, 0.717) is 28.6 Å². The highest BCUT2D eigenvalue weighted by Gasteiger charge is 2.19. The van der Waals surface area contributed by atoms with Crippen LogP contribution >= 0.6 is 0 Å². The number of nitrogens with one attached hydrogen (secondary N) is 1. The van der Waals surface area contributed by atoms with E-state index in [1.807, 2.05) is 12.1 Å². The Morgan fingerprint density at radius 3 is 2.07 bits per heavy atom. The van der Waals surface area contributed by atoms with Gasteiger partial charge in [-0.05, 0) is 37.3 Å². The highest BCUT2D eigenvalue weighted by molar-refractivity contribution is 5.93. The Balaban J connectivity index is 1.86. The lowest BCUT2D eigenvalue weighted by Gasteiger charge is -2.16. The molecule has 1 unspecified atom stereocenters. The summed E-state index contributed by atoms with van der Waals surface area (Å²) in [4.78, 5) is 25.1. The molecule has 8 heteroatoms. The second-order valence-corrected chi connectivity index (χ2v) is 6.50. The van der Waals surface area contributed by atoms with Gasteiger partial charge >= 0.3 is 0 Å². The first-order valence-electron chi connectivity index (χ1n) is 9.23. The molecule has 0 saturated carbocycles. The maximum absolute atomic E-state index is 12.8. The van der Waals surface area contributed by atoms with Crippen LogP contribution < -0.4 is 25.1 Å². The summed E-state index contributed by atoms with van der Waals surface area (Å²) < 4.78 is 16.8. The van der Waals surface area contributed by atoms with Gasteiger partial charge in [0.05, 0.1) is 27.0 Å². The molecule has 1 N–H and O–H groups in total. The molecule has 156 valence electrons. The van der Waals surface area contributed by atoms with E-state index in [1.165, 1.54) is 20.3 Å². The van der Waals surface area contributed by atoms with E-state index in [0.717, 1.165) is 10.2 Å². The molecule has 0 aliphatic rings. The van der Waals surface area contributed by atoms with Crippen LogP contribution in [0.15, 0.2) is 59.4 Å². The number of carbonyl (C=O) groups is 1. The van der Waals surface area contributed by atoms with Gasteiger partial charge in [0.2, 0.25) is 5.91 Å². The van der Waals surface area contributed by atoms with Gasteiger partial charge in [0, 0.05) is 35.5 Å². The molecule has 0 aliphatic heterocycles. The predicted molar refractivity (Wildman–Crippen MR) is 113 cm³/mol. The van der Waals surface area contributed by atoms with Gasteiger partial charge in [-0.15, -0.1) is 0 Å². The van der Waals surface area contributed by atoms with E-state index in [9.17, 15) is 9.59 Å². The van der Waals surface area contributed by atoms with Crippen LogP contribution in [-0.4, -0.2) is 37.0 Å². The van der Waals surface area contributed by atoms with Gasteiger partial charge in [0.15, 0.2) is 0 Å². The lowest BCUT2D eigenvalue weighted by atomic mass is 10.1. The van der Waals surface area contributed by atoms with Crippen LogP contribution in [0.4, 0.5) is 5.69 Å². The van der Waals surface area contributed by atoms with Crippen LogP contribution in [0.2, 0.25) is 0 Å². The third-order valence-corrected chi connectivity index (χ3v) is 4.58. The largest absolute Gasteiger partial charge is 0.497 e. The Labute approximate surface area is 174 Å². The zero-order valence-electron chi connectivity index (χ0n) is 17.2. The summed E-state index contributed by atoms with van der Waals surface area (Å²) in [7, 11) is 4.64. The molecule has 3 aromatic rings. The van der Waals surface area contributed by atoms with E-state index in [-0.39, 0.29) is 5.56 Å². The molecule has 1 heterocycles. The van der Waals surface area contributed by atoms with Crippen molar-refractivity contribution in [1.29, 1.82) is 0 Å². The SMILES string of the molecule is COc1ccc(-c2ccc(=O)n(C(C)C(=O)Nc3cc(OC)cc(OC)c3)n2)cc1. The number of methoxy groups -OCH3 is 3. The second-order valence-electron chi connectivity index (χ2n) is 6.50. The maximum Gasteiger partial charge on any atom is 0.267 e. The smallest absolute Gasteiger partial charge is 0.267 e. The van der Waals surface area contributed by atoms with Crippen LogP contribution in [0.5, 0.6) is 17.2 Å². The van der Waals surface area contributed by atoms with Gasteiger partial charge in [-0.2, -0.15) is 5.10 Å². The average molecular weight is 409 g/mol. The molecule has 2 aromatic carbocycles. The average Bonchev–Trinajstić information content (AvgIpc) is 2.78. The molecule has 0 radical (unpaired) electrons. The minimum Gasteiger partial charge on any atom is -0.497 e. The maximum atomic E-state index is 12.8. The minimum atomic E-state index is -0.840. The summed E-state index contributed by atoms with van der Waals surface area (Å²) in [6, 6.07) is 14.5. The van der Waals surface area contributed by atoms with Gasteiger partial charge < -0.3 is 19.5 Å². The summed E-state index contributed by atoms with van der Waals surface area (Å²) in [5.41, 5.74) is 1.48. The number of carbonyl (C=O) groups excluding carboxylic acids is 1. The molecule has 8 nitrogen and oxygen atoms in total. The summed E-state index contributed by atoms with van der Waals surface area (Å²) in [5.74, 6) is 1.39. The van der Waals surface area contributed by atoms with Crippen LogP contribution in [0, 0.1) is 0 Å². The van der Waals surface area contributed by atoms with Crippen LogP contribution in [0.1, 0.15) is 13.0 Å². The Morgan fingerprint density at radius 1 is 0.900 bits per heavy atom. The van der Waals surface area contributed by atoms with Crippen molar-refractivity contribution in [2.24, 2.45) is 0 Å². The van der Waals surface area contributed by atoms with E-state index >= 15 is 0 Å². The summed E-state index contributed by atoms with van der Waals surface area (Å²) in [6.45, 7) is 1.61. The van der Waals surface area contributed by atoms with Crippen molar-refractivity contribution in [2.75, 3.05) is 26.6 Å². The van der Waals surface area contributed by atoms with E-state index in [2.05, 4.69) is 10.4 Å². The number of hydrogen-bond donors (Lipinski definition) is 1. The third-order valence-electron chi connectivity index (χ3n) is 4.58. The number of aromatic nitrogens is 2. The molecule has 1 atom stereocenters. The zero-order valence-corrected chi connectivity index (χ0v) is 17.2. The highest BCUT2D eigenvalue weighted by Crippen LogP contribution is 2.26. The van der Waals surface area contributed by atoms with Gasteiger partial charge in [-0.3, -0.25) is 9.59 Å². The lowest BCUT2D eigenvalue weighted by Crippen LogP contribution is -2.33. The Kier molecular flexibility index (Phi) is 6.36. The van der Waals surface area contributed by atoms with E-state index < -0.39 is 11.9 Å². The Hall–Kier alpha value is -3.81. The molecule has 1 aromatic heterocycles. The second kappa shape index (κ2) is 9.13. The number of hydrogen-bond acceptors (Lipinski definition) is 6. The van der Waals surface area contributed by atoms with Crippen LogP contribution in [0.3, 0.4) is 0 Å². The van der Waals surface area contributed by atoms with Crippen LogP contribution in [0.25, 0.3) is 11.3 Å². The van der Waals surface area contributed by atoms with Crippen molar-refractivity contribution < 1.29 is 19.0 Å². The zero-order chi connectivity index (χ0) is 21.7. The van der Waals surface area contributed by atoms with E-state index in [1.54, 1.807) is 50.4 Å². The minimum absolute atomic E-state index is 0.377. The first-order valence-corrected chi connectivity index (χ1v) is 9.23. The first-order chi connectivity index (χ1) is 14.4. The molecule has 1 amide bonds. The van der Waals surface area contributed by atoms with Gasteiger partial charge in [-0.1, -0.05) is 0 Å². The number of amides is 1. The fraction of sp³-hybridized carbons (Fsp3) is 0.227. The van der Waals surface area contributed by atoms with Crippen molar-refractivity contribution in [2.45, 2.75) is 13.0 Å². The normalized spacial score (nSPS) is 11.5. The first kappa shape index (κ1) is 20.9. The van der Waals surface area contributed by atoms with E-state index in [4.69, 9.17) is 14.2 Å². The molecular formula is C22H23N3O5. The van der Waals surface area contributed by atoms with Crippen molar-refractivity contribution >= 4 is 11.6 Å². The molecule has 0 saturated heterocycles. The fourth-order valence-electron chi connectivity index (χ4n) is 2.86. The molecule has 0 spiro atoms. The number of anilines is 1. The lowest BCUT2D eigenvalue weighted by molar-refractivity contribution is -0.119. The number of rotatable bonds is 7. The molecule has 0 bridgehead atoms. The number of nitrogens with zero attached hydrogens (tertiary/aromatic N) is 2. The van der Waals surface area contributed by atoms with Gasteiger partial charge in [0.25, 0.3) is 5.56 Å². The summed E-state index contributed by atoms with van der Waals surface area (Å²) in [6.07, 6.45) is 0. The standard InChI is InChI=1S/C22H23N3O5/c1-14(22(27)23-16-11-18(29-3)13-19(12-16)30-4)25-21(26)10-9-20(24-25)15-5-7-17(28-2)8-6-15/h5-14H,1-4H3,(H,23,27). The van der Waals surface area contributed by atoms with Crippen molar-refractivity contribution in [1.82, 2.24) is 9.78 Å². The molecule has 30 heavy (non-hydrogen) atoms. The Morgan fingerprint density at radius 2 is 1.50 bits per heavy atom. The van der Waals surface area contributed by atoms with Crippen LogP contribution in [-0.2, 0) is 4.79 Å². The summed E-state index contributed by atoms with van der Waals surface area (Å²) in [5, 5.41) is 7.16. The third kappa shape index (κ3) is 4.60. The summed E-state index contributed by atoms with van der Waals surface area (Å²) >= 11 is 0. The number of ether oxygens (including phenoxy) is 3. The molecule has 0 aliphatic carbocycles. The van der Waals surface area contributed by atoms with Crippen molar-refractivity contribution in [3.63, 3.8) is 0 Å².